The van der Waals surface area contributed by atoms with E-state index in [0.717, 1.165) is 63.5 Å². The molecule has 6 nitrogen and oxygen atoms in total. The summed E-state index contributed by atoms with van der Waals surface area (Å²) in [6.07, 6.45) is 4.64. The predicted molar refractivity (Wildman–Crippen MR) is 135 cm³/mol. The van der Waals surface area contributed by atoms with E-state index < -0.39 is 0 Å². The van der Waals surface area contributed by atoms with Gasteiger partial charge in [-0.25, -0.2) is 0 Å². The third-order valence-electron chi connectivity index (χ3n) is 7.05. The Bertz CT molecular complexity index is 876. The lowest BCUT2D eigenvalue weighted by atomic mass is 10.0. The van der Waals surface area contributed by atoms with Crippen LogP contribution < -0.4 is 15.0 Å². The second-order valence-electron chi connectivity index (χ2n) is 9.13. The number of nitrogens with zero attached hydrogens (tertiary/aromatic N) is 3. The van der Waals surface area contributed by atoms with E-state index in [1.54, 1.807) is 7.11 Å². The minimum atomic E-state index is 0.0553. The van der Waals surface area contributed by atoms with Gasteiger partial charge in [-0.1, -0.05) is 31.9 Å². The highest BCUT2D eigenvalue weighted by Crippen LogP contribution is 2.31. The Labute approximate surface area is 198 Å². The smallest absolute Gasteiger partial charge is 0.238 e. The lowest BCUT2D eigenvalue weighted by Gasteiger charge is -2.35. The van der Waals surface area contributed by atoms with Crippen molar-refractivity contribution in [2.45, 2.75) is 38.6 Å². The number of anilines is 2. The molecule has 1 amide bonds. The first-order valence-electron chi connectivity index (χ1n) is 12.4. The zero-order valence-corrected chi connectivity index (χ0v) is 20.1. The fourth-order valence-electron chi connectivity index (χ4n) is 5.02. The van der Waals surface area contributed by atoms with Crippen molar-refractivity contribution in [1.82, 2.24) is 9.80 Å². The molecule has 1 atom stereocenters. The zero-order valence-electron chi connectivity index (χ0n) is 20.1. The molecule has 2 aliphatic heterocycles. The van der Waals surface area contributed by atoms with Crippen molar-refractivity contribution in [3.63, 3.8) is 0 Å². The van der Waals surface area contributed by atoms with Crippen molar-refractivity contribution in [3.8, 4) is 5.75 Å². The number of amides is 1. The molecule has 2 heterocycles. The maximum Gasteiger partial charge on any atom is 0.238 e. The van der Waals surface area contributed by atoms with Crippen LogP contribution in [0.15, 0.2) is 48.5 Å². The SMILES string of the molecule is CCN1CCN(c2ccc(NC(=O)CN3CCCCCC3c3ccc(OC)cc3)cc2)CC1. The number of ether oxygens (including phenoxy) is 1. The largest absolute Gasteiger partial charge is 0.497 e. The minimum absolute atomic E-state index is 0.0553. The number of rotatable bonds is 7. The summed E-state index contributed by atoms with van der Waals surface area (Å²) in [6, 6.07) is 16.9. The highest BCUT2D eigenvalue weighted by molar-refractivity contribution is 5.92. The number of hydrogen-bond donors (Lipinski definition) is 1. The van der Waals surface area contributed by atoms with E-state index in [1.807, 2.05) is 24.3 Å². The lowest BCUT2D eigenvalue weighted by Crippen LogP contribution is -2.46. The first-order valence-corrected chi connectivity index (χ1v) is 12.4. The zero-order chi connectivity index (χ0) is 23.0. The molecule has 33 heavy (non-hydrogen) atoms. The van der Waals surface area contributed by atoms with Crippen molar-refractivity contribution in [1.29, 1.82) is 0 Å². The highest BCUT2D eigenvalue weighted by atomic mass is 16.5. The van der Waals surface area contributed by atoms with Gasteiger partial charge in [-0.05, 0) is 67.9 Å². The maximum absolute atomic E-state index is 12.9. The number of likely N-dealkylation sites (N-methyl/N-ethyl adjacent to an activating group) is 1. The fourth-order valence-corrected chi connectivity index (χ4v) is 5.02. The standard InChI is InChI=1S/C27H38N4O2/c1-3-29-17-19-30(20-18-29)24-12-10-23(11-13-24)28-27(32)21-31-16-6-4-5-7-26(31)22-8-14-25(33-2)15-9-22/h8-15,26H,3-7,16-21H2,1-2H3,(H,28,32). The monoisotopic (exact) mass is 450 g/mol. The number of carbonyl (C=O) groups excluding carboxylic acids is 1. The number of nitrogens with one attached hydrogen (secondary N) is 1. The Morgan fingerprint density at radius 1 is 0.939 bits per heavy atom. The molecule has 0 aromatic heterocycles. The van der Waals surface area contributed by atoms with Gasteiger partial charge in [-0.15, -0.1) is 0 Å². The molecule has 2 aliphatic rings. The summed E-state index contributed by atoms with van der Waals surface area (Å²) in [4.78, 5) is 20.2. The number of likely N-dealkylation sites (tertiary alicyclic amines) is 1. The summed E-state index contributed by atoms with van der Waals surface area (Å²) in [5, 5.41) is 3.12. The average molecular weight is 451 g/mol. The molecule has 0 aliphatic carbocycles. The molecule has 2 saturated heterocycles. The van der Waals surface area contributed by atoms with E-state index in [0.29, 0.717) is 6.54 Å². The molecule has 0 bridgehead atoms. The van der Waals surface area contributed by atoms with Crippen LogP contribution in [0.4, 0.5) is 11.4 Å². The number of piperazine rings is 1. The summed E-state index contributed by atoms with van der Waals surface area (Å²) in [5.74, 6) is 0.923. The normalized spacial score (nSPS) is 20.3. The van der Waals surface area contributed by atoms with Gasteiger partial charge in [0.2, 0.25) is 5.91 Å². The van der Waals surface area contributed by atoms with Crippen molar-refractivity contribution in [2.75, 3.05) is 63.1 Å². The van der Waals surface area contributed by atoms with Crippen LogP contribution in [-0.4, -0.2) is 68.6 Å². The molecule has 0 radical (unpaired) electrons. The molecular weight excluding hydrogens is 412 g/mol. The number of benzene rings is 2. The van der Waals surface area contributed by atoms with Crippen molar-refractivity contribution >= 4 is 17.3 Å². The Morgan fingerprint density at radius 2 is 1.67 bits per heavy atom. The van der Waals surface area contributed by atoms with Gasteiger partial charge in [0.15, 0.2) is 0 Å². The van der Waals surface area contributed by atoms with Crippen LogP contribution in [0.1, 0.15) is 44.2 Å². The molecule has 1 unspecified atom stereocenters. The summed E-state index contributed by atoms with van der Waals surface area (Å²) in [5.41, 5.74) is 3.36. The molecule has 2 fully saturated rings. The van der Waals surface area contributed by atoms with Crippen LogP contribution in [0.3, 0.4) is 0 Å². The van der Waals surface area contributed by atoms with E-state index in [-0.39, 0.29) is 11.9 Å². The second kappa shape index (κ2) is 11.5. The highest BCUT2D eigenvalue weighted by Gasteiger charge is 2.24. The Balaban J connectivity index is 1.35. The average Bonchev–Trinajstić information content (AvgIpc) is 3.10. The molecule has 6 heteroatoms. The third-order valence-corrected chi connectivity index (χ3v) is 7.05. The van der Waals surface area contributed by atoms with Crippen LogP contribution in [0.25, 0.3) is 0 Å². The Kier molecular flexibility index (Phi) is 8.24. The number of carbonyl (C=O) groups is 1. The molecule has 4 rings (SSSR count). The molecule has 0 saturated carbocycles. The molecule has 0 spiro atoms. The topological polar surface area (TPSA) is 48.0 Å². The molecule has 2 aromatic rings. The number of hydrogen-bond acceptors (Lipinski definition) is 5. The molecule has 1 N–H and O–H groups in total. The van der Waals surface area contributed by atoms with Gasteiger partial charge in [-0.3, -0.25) is 9.69 Å². The van der Waals surface area contributed by atoms with Crippen LogP contribution >= 0.6 is 0 Å². The van der Waals surface area contributed by atoms with Crippen molar-refractivity contribution in [3.05, 3.63) is 54.1 Å². The van der Waals surface area contributed by atoms with Gasteiger partial charge in [0.1, 0.15) is 5.75 Å². The fraction of sp³-hybridized carbons (Fsp3) is 0.519. The van der Waals surface area contributed by atoms with Crippen LogP contribution in [0.5, 0.6) is 5.75 Å². The van der Waals surface area contributed by atoms with E-state index in [9.17, 15) is 4.79 Å². The Morgan fingerprint density at radius 3 is 2.33 bits per heavy atom. The quantitative estimate of drug-likeness (QED) is 0.678. The van der Waals surface area contributed by atoms with Crippen molar-refractivity contribution in [2.24, 2.45) is 0 Å². The van der Waals surface area contributed by atoms with Gasteiger partial charge in [0.25, 0.3) is 0 Å². The van der Waals surface area contributed by atoms with Crippen LogP contribution in [0, 0.1) is 0 Å². The lowest BCUT2D eigenvalue weighted by molar-refractivity contribution is -0.117. The summed E-state index contributed by atoms with van der Waals surface area (Å²) in [7, 11) is 1.69. The first-order chi connectivity index (χ1) is 16.2. The summed E-state index contributed by atoms with van der Waals surface area (Å²) >= 11 is 0. The van der Waals surface area contributed by atoms with Gasteiger partial charge >= 0.3 is 0 Å². The second-order valence-corrected chi connectivity index (χ2v) is 9.13. The molecule has 2 aromatic carbocycles. The van der Waals surface area contributed by atoms with Crippen LogP contribution in [0.2, 0.25) is 0 Å². The third kappa shape index (κ3) is 6.27. The van der Waals surface area contributed by atoms with Crippen molar-refractivity contribution < 1.29 is 9.53 Å². The van der Waals surface area contributed by atoms with E-state index in [1.165, 1.54) is 24.1 Å². The summed E-state index contributed by atoms with van der Waals surface area (Å²) in [6.45, 7) is 9.04. The minimum Gasteiger partial charge on any atom is -0.497 e. The maximum atomic E-state index is 12.9. The Hall–Kier alpha value is -2.57. The van der Waals surface area contributed by atoms with Gasteiger partial charge in [-0.2, -0.15) is 0 Å². The van der Waals surface area contributed by atoms with E-state index >= 15 is 0 Å². The number of methoxy groups -OCH3 is 1. The van der Waals surface area contributed by atoms with Gasteiger partial charge < -0.3 is 19.9 Å². The molecule has 178 valence electrons. The van der Waals surface area contributed by atoms with E-state index in [4.69, 9.17) is 4.74 Å². The van der Waals surface area contributed by atoms with Gasteiger partial charge in [0, 0.05) is 43.6 Å². The summed E-state index contributed by atoms with van der Waals surface area (Å²) < 4.78 is 5.31. The van der Waals surface area contributed by atoms with Crippen LogP contribution in [-0.2, 0) is 4.79 Å². The first kappa shape index (κ1) is 23.6. The van der Waals surface area contributed by atoms with E-state index in [2.05, 4.69) is 51.2 Å². The predicted octanol–water partition coefficient (Wildman–Crippen LogP) is 4.39. The molecular formula is C27H38N4O2. The van der Waals surface area contributed by atoms with Gasteiger partial charge in [0.05, 0.1) is 13.7 Å².